The number of rotatable bonds is 8. The molecular formula is C27H31F3N6O4S. The first-order chi connectivity index (χ1) is 19.3. The molecule has 41 heavy (non-hydrogen) atoms. The minimum Gasteiger partial charge on any atom is -0.349 e. The minimum atomic E-state index is -4.51. The Morgan fingerprint density at radius 1 is 1.07 bits per heavy atom. The summed E-state index contributed by atoms with van der Waals surface area (Å²) in [5.74, 6) is 0.351. The maximum absolute atomic E-state index is 13.2. The molecule has 3 atom stereocenters. The zero-order valence-electron chi connectivity index (χ0n) is 23.1. The predicted molar refractivity (Wildman–Crippen MR) is 147 cm³/mol. The van der Waals surface area contributed by atoms with E-state index in [0.717, 1.165) is 18.4 Å². The normalized spacial score (nSPS) is 19.3. The Bertz CT molecular complexity index is 1620. The molecule has 0 aliphatic carbocycles. The molecule has 2 aromatic heterocycles. The fraction of sp³-hybridized carbons (Fsp3) is 0.481. The molecule has 0 amide bonds. The van der Waals surface area contributed by atoms with Gasteiger partial charge in [-0.25, -0.2) is 9.78 Å². The molecule has 0 N–H and O–H groups in total. The zero-order chi connectivity index (χ0) is 30.1. The van der Waals surface area contributed by atoms with E-state index in [2.05, 4.69) is 14.9 Å². The molecule has 0 saturated carbocycles. The Morgan fingerprint density at radius 3 is 2.29 bits per heavy atom. The molecule has 3 aromatic rings. The van der Waals surface area contributed by atoms with E-state index in [9.17, 15) is 31.6 Å². The van der Waals surface area contributed by atoms with Gasteiger partial charge in [0.15, 0.2) is 5.82 Å². The molecule has 1 unspecified atom stereocenters. The molecule has 0 spiro atoms. The molecule has 10 nitrogen and oxygen atoms in total. The van der Waals surface area contributed by atoms with Crippen LogP contribution in [0, 0.1) is 11.3 Å². The quantitative estimate of drug-likeness (QED) is 0.361. The number of nitriles is 1. The van der Waals surface area contributed by atoms with Crippen LogP contribution in [0.25, 0.3) is 11.0 Å². The molecule has 1 aliphatic rings. The lowest BCUT2D eigenvalue weighted by molar-refractivity contribution is -0.137. The third-order valence-electron chi connectivity index (χ3n) is 7.47. The van der Waals surface area contributed by atoms with E-state index in [0.29, 0.717) is 48.3 Å². The monoisotopic (exact) mass is 592 g/mol. The third-order valence-corrected chi connectivity index (χ3v) is 8.03. The number of hydrogen-bond acceptors (Lipinski definition) is 9. The van der Waals surface area contributed by atoms with Crippen molar-refractivity contribution >= 4 is 27.0 Å². The molecule has 3 heterocycles. The second kappa shape index (κ2) is 11.8. The predicted octanol–water partition coefficient (Wildman–Crippen LogP) is 3.62. The number of aromatic nitrogens is 3. The van der Waals surface area contributed by atoms with E-state index in [1.807, 2.05) is 24.8 Å². The standard InChI is InChI=1S/C27H31F3N6O4S/c1-5-20-15-36(25-24-22(34(3)26(37)33-25)12-11-19(13-31)32-24)21(6-2)14-35(20)23(16-40-41(4,38)39)17-7-9-18(10-8-17)27(28,29)30/h7-12,20-21,23H,5-6,14-16H2,1-4H3/t20-,21+,23?/m1/s1. The first-order valence-electron chi connectivity index (χ1n) is 13.1. The average molecular weight is 593 g/mol. The van der Waals surface area contributed by atoms with Crippen LogP contribution in [0.3, 0.4) is 0 Å². The van der Waals surface area contributed by atoms with Crippen molar-refractivity contribution in [3.8, 4) is 6.07 Å². The lowest BCUT2D eigenvalue weighted by Crippen LogP contribution is -2.60. The number of fused-ring (bicyclic) bond motifs is 1. The second-order valence-electron chi connectivity index (χ2n) is 10.1. The van der Waals surface area contributed by atoms with E-state index < -0.39 is 33.6 Å². The number of aryl methyl sites for hydroxylation is 1. The fourth-order valence-electron chi connectivity index (χ4n) is 5.26. The first-order valence-corrected chi connectivity index (χ1v) is 14.9. The van der Waals surface area contributed by atoms with Crippen LogP contribution < -0.4 is 10.6 Å². The zero-order valence-corrected chi connectivity index (χ0v) is 23.9. The topological polar surface area (TPSA) is 121 Å². The Balaban J connectivity index is 1.77. The molecule has 1 aromatic carbocycles. The van der Waals surface area contributed by atoms with Gasteiger partial charge in [-0.3, -0.25) is 13.7 Å². The van der Waals surface area contributed by atoms with Crippen molar-refractivity contribution in [1.29, 1.82) is 5.26 Å². The summed E-state index contributed by atoms with van der Waals surface area (Å²) in [6, 6.07) is 8.77. The van der Waals surface area contributed by atoms with E-state index in [-0.39, 0.29) is 24.4 Å². The number of anilines is 1. The smallest absolute Gasteiger partial charge is 0.349 e. The number of hydrogen-bond donors (Lipinski definition) is 0. The Kier molecular flexibility index (Phi) is 8.72. The SMILES string of the molecule is CC[C@H]1CN(C(COS(C)(=O)=O)c2ccc(C(F)(F)F)cc2)[C@H](CC)CN1c1nc(=O)n(C)c2ccc(C#N)nc12. The lowest BCUT2D eigenvalue weighted by Gasteiger charge is -2.49. The largest absolute Gasteiger partial charge is 0.416 e. The van der Waals surface area contributed by atoms with Gasteiger partial charge in [-0.2, -0.15) is 31.8 Å². The summed E-state index contributed by atoms with van der Waals surface area (Å²) >= 11 is 0. The highest BCUT2D eigenvalue weighted by Gasteiger charge is 2.39. The minimum absolute atomic E-state index is 0.179. The van der Waals surface area contributed by atoms with E-state index >= 15 is 0 Å². The van der Waals surface area contributed by atoms with Crippen molar-refractivity contribution in [3.63, 3.8) is 0 Å². The van der Waals surface area contributed by atoms with Crippen molar-refractivity contribution in [3.05, 3.63) is 63.7 Å². The molecule has 1 aliphatic heterocycles. The van der Waals surface area contributed by atoms with Crippen LogP contribution in [-0.4, -0.2) is 65.9 Å². The van der Waals surface area contributed by atoms with E-state index in [1.54, 1.807) is 13.1 Å². The number of piperazine rings is 1. The van der Waals surface area contributed by atoms with Crippen molar-refractivity contribution in [1.82, 2.24) is 19.4 Å². The second-order valence-corrected chi connectivity index (χ2v) is 11.7. The van der Waals surface area contributed by atoms with E-state index in [4.69, 9.17) is 4.18 Å². The van der Waals surface area contributed by atoms with Crippen LogP contribution in [0.5, 0.6) is 0 Å². The average Bonchev–Trinajstić information content (AvgIpc) is 2.93. The van der Waals surface area contributed by atoms with Crippen LogP contribution in [-0.2, 0) is 27.5 Å². The molecule has 1 saturated heterocycles. The van der Waals surface area contributed by atoms with Gasteiger partial charge in [0, 0.05) is 32.2 Å². The Labute approximate surface area is 236 Å². The summed E-state index contributed by atoms with van der Waals surface area (Å²) in [6.45, 7) is 4.38. The fourth-order valence-corrected chi connectivity index (χ4v) is 5.64. The third kappa shape index (κ3) is 6.52. The molecule has 0 radical (unpaired) electrons. The van der Waals surface area contributed by atoms with Gasteiger partial charge in [0.2, 0.25) is 0 Å². The van der Waals surface area contributed by atoms with Crippen LogP contribution >= 0.6 is 0 Å². The summed E-state index contributed by atoms with van der Waals surface area (Å²) in [6.07, 6.45) is -2.38. The molecule has 1 fully saturated rings. The van der Waals surface area contributed by atoms with Gasteiger partial charge in [-0.05, 0) is 42.7 Å². The Hall–Kier alpha value is -3.54. The summed E-state index contributed by atoms with van der Waals surface area (Å²) in [7, 11) is -2.25. The summed E-state index contributed by atoms with van der Waals surface area (Å²) in [4.78, 5) is 25.6. The highest BCUT2D eigenvalue weighted by Crippen LogP contribution is 2.35. The van der Waals surface area contributed by atoms with Crippen molar-refractivity contribution in [2.24, 2.45) is 7.05 Å². The summed E-state index contributed by atoms with van der Waals surface area (Å²) < 4.78 is 70.1. The van der Waals surface area contributed by atoms with Crippen molar-refractivity contribution in [2.75, 3.05) is 30.9 Å². The molecule has 4 rings (SSSR count). The number of alkyl halides is 3. The van der Waals surface area contributed by atoms with Crippen molar-refractivity contribution in [2.45, 2.75) is 51.0 Å². The summed E-state index contributed by atoms with van der Waals surface area (Å²) in [5.41, 5.74) is 0.314. The van der Waals surface area contributed by atoms with Crippen LogP contribution in [0.1, 0.15) is 49.6 Å². The molecule has 0 bridgehead atoms. The lowest BCUT2D eigenvalue weighted by atomic mass is 9.96. The molecular weight excluding hydrogens is 561 g/mol. The number of halogens is 3. The highest BCUT2D eigenvalue weighted by molar-refractivity contribution is 7.85. The van der Waals surface area contributed by atoms with Gasteiger partial charge >= 0.3 is 11.9 Å². The van der Waals surface area contributed by atoms with Crippen LogP contribution in [0.4, 0.5) is 19.0 Å². The first kappa shape index (κ1) is 30.4. The van der Waals surface area contributed by atoms with Gasteiger partial charge in [0.05, 0.1) is 30.0 Å². The number of nitrogens with zero attached hydrogens (tertiary/aromatic N) is 6. The van der Waals surface area contributed by atoms with Gasteiger partial charge < -0.3 is 4.90 Å². The number of benzene rings is 1. The van der Waals surface area contributed by atoms with Crippen LogP contribution in [0.2, 0.25) is 0 Å². The molecule has 220 valence electrons. The van der Waals surface area contributed by atoms with Crippen molar-refractivity contribution < 1.29 is 25.8 Å². The highest BCUT2D eigenvalue weighted by atomic mass is 32.2. The van der Waals surface area contributed by atoms with Gasteiger partial charge in [-0.1, -0.05) is 26.0 Å². The van der Waals surface area contributed by atoms with Gasteiger partial charge in [0.25, 0.3) is 10.1 Å². The maximum Gasteiger partial charge on any atom is 0.416 e. The number of pyridine rings is 1. The molecule has 14 heteroatoms. The van der Waals surface area contributed by atoms with Gasteiger partial charge in [-0.15, -0.1) is 0 Å². The van der Waals surface area contributed by atoms with Crippen LogP contribution in [0.15, 0.2) is 41.2 Å². The van der Waals surface area contributed by atoms with Gasteiger partial charge in [0.1, 0.15) is 17.3 Å². The summed E-state index contributed by atoms with van der Waals surface area (Å²) in [5, 5.41) is 9.44. The van der Waals surface area contributed by atoms with E-state index in [1.165, 1.54) is 22.8 Å². The Morgan fingerprint density at radius 2 is 1.73 bits per heavy atom. The maximum atomic E-state index is 13.2.